The molecule has 0 amide bonds. The van der Waals surface area contributed by atoms with Crippen molar-refractivity contribution in [3.63, 3.8) is 0 Å². The predicted molar refractivity (Wildman–Crippen MR) is 121 cm³/mol. The highest BCUT2D eigenvalue weighted by atomic mass is 35.5. The van der Waals surface area contributed by atoms with Gasteiger partial charge in [0.1, 0.15) is 11.6 Å². The summed E-state index contributed by atoms with van der Waals surface area (Å²) in [6.45, 7) is 0. The second-order valence-electron chi connectivity index (χ2n) is 7.96. The summed E-state index contributed by atoms with van der Waals surface area (Å²) in [5.74, 6) is -1.42. The second-order valence-corrected chi connectivity index (χ2v) is 8.77. The highest BCUT2D eigenvalue weighted by Crippen LogP contribution is 2.42. The summed E-state index contributed by atoms with van der Waals surface area (Å²) >= 11 is 12.2. The average Bonchev–Trinajstić information content (AvgIpc) is 3.42. The highest BCUT2D eigenvalue weighted by Gasteiger charge is 2.31. The molecular formula is C23H18Cl2F2N4O2. The Bertz CT molecular complexity index is 1390. The van der Waals surface area contributed by atoms with Gasteiger partial charge in [-0.3, -0.25) is 4.57 Å². The quantitative estimate of drug-likeness (QED) is 0.353. The van der Waals surface area contributed by atoms with E-state index in [1.807, 2.05) is 0 Å². The van der Waals surface area contributed by atoms with E-state index in [4.69, 9.17) is 32.6 Å². The Morgan fingerprint density at radius 3 is 2.55 bits per heavy atom. The van der Waals surface area contributed by atoms with Crippen LogP contribution in [-0.4, -0.2) is 19.7 Å². The van der Waals surface area contributed by atoms with E-state index >= 15 is 4.39 Å². The van der Waals surface area contributed by atoms with Crippen molar-refractivity contribution in [2.45, 2.75) is 38.0 Å². The molecule has 1 saturated carbocycles. The van der Waals surface area contributed by atoms with Gasteiger partial charge >= 0.3 is 5.76 Å². The van der Waals surface area contributed by atoms with Crippen molar-refractivity contribution in [3.05, 3.63) is 74.5 Å². The largest absolute Gasteiger partial charge is 0.434 e. The number of H-pyrrole nitrogens is 1. The fraction of sp³-hybridized carbons (Fsp3) is 0.261. The standard InChI is InChI=1S/C23H18Cl2F2N4O2/c24-14-7-4-8-17(18(14)27)31-20(13-9-10-16(26)15(25)11-13)19(22-29-30-23(32)33-22)28-21(31)12-5-2-1-3-6-12/h4,7-12H,1-3,5-6H2,(H,30,32). The van der Waals surface area contributed by atoms with Crippen LogP contribution in [0.5, 0.6) is 0 Å². The smallest absolute Gasteiger partial charge is 0.386 e. The first-order chi connectivity index (χ1) is 15.9. The number of aromatic nitrogens is 4. The Morgan fingerprint density at radius 2 is 1.85 bits per heavy atom. The summed E-state index contributed by atoms with van der Waals surface area (Å²) in [5, 5.41) is 6.01. The van der Waals surface area contributed by atoms with Crippen LogP contribution < -0.4 is 5.76 Å². The van der Waals surface area contributed by atoms with Crippen molar-refractivity contribution in [2.75, 3.05) is 0 Å². The number of hydrogen-bond acceptors (Lipinski definition) is 4. The Morgan fingerprint density at radius 1 is 1.06 bits per heavy atom. The van der Waals surface area contributed by atoms with E-state index < -0.39 is 17.4 Å². The van der Waals surface area contributed by atoms with E-state index in [1.165, 1.54) is 24.3 Å². The van der Waals surface area contributed by atoms with Crippen LogP contribution in [0.2, 0.25) is 10.0 Å². The van der Waals surface area contributed by atoms with Gasteiger partial charge in [-0.05, 0) is 43.2 Å². The van der Waals surface area contributed by atoms with Gasteiger partial charge in [0.15, 0.2) is 11.5 Å². The number of aromatic amines is 1. The monoisotopic (exact) mass is 490 g/mol. The molecule has 1 aliphatic rings. The van der Waals surface area contributed by atoms with E-state index in [0.29, 0.717) is 17.1 Å². The zero-order chi connectivity index (χ0) is 23.1. The van der Waals surface area contributed by atoms with Gasteiger partial charge in [-0.2, -0.15) is 0 Å². The molecule has 0 aliphatic heterocycles. The van der Waals surface area contributed by atoms with Crippen molar-refractivity contribution in [2.24, 2.45) is 0 Å². The molecular weight excluding hydrogens is 473 g/mol. The van der Waals surface area contributed by atoms with Gasteiger partial charge in [0.05, 0.1) is 21.4 Å². The van der Waals surface area contributed by atoms with Gasteiger partial charge in [0.25, 0.3) is 5.89 Å². The van der Waals surface area contributed by atoms with E-state index in [2.05, 4.69) is 10.2 Å². The van der Waals surface area contributed by atoms with Gasteiger partial charge in [0, 0.05) is 11.5 Å². The lowest BCUT2D eigenvalue weighted by molar-refractivity contribution is 0.425. The summed E-state index contributed by atoms with van der Waals surface area (Å²) in [7, 11) is 0. The first-order valence-electron chi connectivity index (χ1n) is 10.5. The maximum absolute atomic E-state index is 15.3. The van der Waals surface area contributed by atoms with E-state index in [0.717, 1.165) is 32.1 Å². The highest BCUT2D eigenvalue weighted by molar-refractivity contribution is 6.31. The summed E-state index contributed by atoms with van der Waals surface area (Å²) in [4.78, 5) is 16.5. The summed E-state index contributed by atoms with van der Waals surface area (Å²) in [5.41, 5.74) is 1.22. The van der Waals surface area contributed by atoms with Gasteiger partial charge in [0.2, 0.25) is 0 Å². The van der Waals surface area contributed by atoms with Crippen molar-refractivity contribution >= 4 is 23.2 Å². The minimum Gasteiger partial charge on any atom is -0.386 e. The first kappa shape index (κ1) is 21.9. The topological polar surface area (TPSA) is 76.7 Å². The number of benzene rings is 2. The maximum Gasteiger partial charge on any atom is 0.434 e. The Balaban J connectivity index is 1.87. The molecule has 1 N–H and O–H groups in total. The van der Waals surface area contributed by atoms with Crippen molar-refractivity contribution in [3.8, 4) is 28.5 Å². The third-order valence-corrected chi connectivity index (χ3v) is 6.46. The lowest BCUT2D eigenvalue weighted by atomic mass is 9.88. The summed E-state index contributed by atoms with van der Waals surface area (Å²) < 4.78 is 36.2. The third-order valence-electron chi connectivity index (χ3n) is 5.88. The fourth-order valence-corrected chi connectivity index (χ4v) is 4.72. The minimum atomic E-state index is -0.754. The zero-order valence-electron chi connectivity index (χ0n) is 17.2. The van der Waals surface area contributed by atoms with Crippen LogP contribution in [0.3, 0.4) is 0 Å². The van der Waals surface area contributed by atoms with Crippen LogP contribution in [0.4, 0.5) is 8.78 Å². The van der Waals surface area contributed by atoms with Gasteiger partial charge in [-0.15, -0.1) is 5.10 Å². The number of rotatable bonds is 4. The average molecular weight is 491 g/mol. The van der Waals surface area contributed by atoms with Crippen LogP contribution >= 0.6 is 23.2 Å². The van der Waals surface area contributed by atoms with Gasteiger partial charge < -0.3 is 4.42 Å². The Hall–Kier alpha value is -2.97. The summed E-state index contributed by atoms with van der Waals surface area (Å²) in [6, 6.07) is 8.84. The number of nitrogens with one attached hydrogen (secondary N) is 1. The second kappa shape index (κ2) is 8.76. The SMILES string of the molecule is O=c1[nH]nc(-c2nc(C3CCCCC3)n(-c3cccc(Cl)c3F)c2-c2ccc(F)c(Cl)c2)o1. The van der Waals surface area contributed by atoms with Crippen LogP contribution in [0.15, 0.2) is 45.6 Å². The molecule has 0 bridgehead atoms. The lowest BCUT2D eigenvalue weighted by Gasteiger charge is -2.23. The van der Waals surface area contributed by atoms with Gasteiger partial charge in [-0.1, -0.05) is 48.5 Å². The summed E-state index contributed by atoms with van der Waals surface area (Å²) in [6.07, 6.45) is 4.88. The molecule has 10 heteroatoms. The number of imidazole rings is 1. The van der Waals surface area contributed by atoms with Crippen LogP contribution in [0.25, 0.3) is 28.5 Å². The van der Waals surface area contributed by atoms with Crippen LogP contribution in [-0.2, 0) is 0 Å². The number of nitrogens with zero attached hydrogens (tertiary/aromatic N) is 3. The first-order valence-corrected chi connectivity index (χ1v) is 11.3. The molecule has 1 aliphatic carbocycles. The van der Waals surface area contributed by atoms with Crippen LogP contribution in [0, 0.1) is 11.6 Å². The third kappa shape index (κ3) is 3.98. The molecule has 6 nitrogen and oxygen atoms in total. The normalized spacial score (nSPS) is 14.7. The molecule has 0 radical (unpaired) electrons. The molecule has 0 saturated heterocycles. The molecule has 0 atom stereocenters. The molecule has 0 spiro atoms. The van der Waals surface area contributed by atoms with E-state index in [1.54, 1.807) is 16.7 Å². The van der Waals surface area contributed by atoms with E-state index in [-0.39, 0.29) is 33.2 Å². The van der Waals surface area contributed by atoms with Crippen LogP contribution in [0.1, 0.15) is 43.8 Å². The fourth-order valence-electron chi connectivity index (χ4n) is 4.37. The Kier molecular flexibility index (Phi) is 5.80. The minimum absolute atomic E-state index is 0.0335. The molecule has 4 aromatic rings. The molecule has 2 aromatic heterocycles. The van der Waals surface area contributed by atoms with Crippen molar-refractivity contribution in [1.29, 1.82) is 0 Å². The molecule has 33 heavy (non-hydrogen) atoms. The molecule has 0 unspecified atom stereocenters. The Labute approximate surface area is 197 Å². The predicted octanol–water partition coefficient (Wildman–Crippen LogP) is 6.52. The molecule has 2 aromatic carbocycles. The number of halogens is 4. The lowest BCUT2D eigenvalue weighted by Crippen LogP contribution is -2.13. The van der Waals surface area contributed by atoms with Gasteiger partial charge in [-0.25, -0.2) is 23.7 Å². The van der Waals surface area contributed by atoms with Crippen molar-refractivity contribution < 1.29 is 13.2 Å². The van der Waals surface area contributed by atoms with Crippen molar-refractivity contribution in [1.82, 2.24) is 19.7 Å². The molecule has 1 fully saturated rings. The maximum atomic E-state index is 15.3. The molecule has 5 rings (SSSR count). The molecule has 170 valence electrons. The number of hydrogen-bond donors (Lipinski definition) is 1. The van der Waals surface area contributed by atoms with E-state index in [9.17, 15) is 9.18 Å². The zero-order valence-corrected chi connectivity index (χ0v) is 18.8. The molecule has 2 heterocycles.